The van der Waals surface area contributed by atoms with Crippen molar-refractivity contribution < 1.29 is 0 Å². The zero-order valence-corrected chi connectivity index (χ0v) is 13.2. The van der Waals surface area contributed by atoms with Crippen LogP contribution in [-0.2, 0) is 12.8 Å². The highest BCUT2D eigenvalue weighted by molar-refractivity contribution is 5.49. The molecule has 0 bridgehead atoms. The number of hydrogen-bond donors (Lipinski definition) is 1. The fourth-order valence-electron chi connectivity index (χ4n) is 2.74. The van der Waals surface area contributed by atoms with Crippen molar-refractivity contribution in [3.63, 3.8) is 0 Å². The van der Waals surface area contributed by atoms with E-state index in [1.54, 1.807) is 6.33 Å². The highest BCUT2D eigenvalue weighted by Gasteiger charge is 2.18. The summed E-state index contributed by atoms with van der Waals surface area (Å²) in [5.74, 6) is 1.96. The van der Waals surface area contributed by atoms with Gasteiger partial charge < -0.3 is 10.2 Å². The van der Waals surface area contributed by atoms with Crippen molar-refractivity contribution in [3.05, 3.63) is 17.6 Å². The zero-order chi connectivity index (χ0) is 14.4. The van der Waals surface area contributed by atoms with Gasteiger partial charge in [-0.15, -0.1) is 0 Å². The van der Waals surface area contributed by atoms with Crippen LogP contribution in [0.5, 0.6) is 0 Å². The first-order valence-corrected chi connectivity index (χ1v) is 8.04. The van der Waals surface area contributed by atoms with Gasteiger partial charge in [-0.05, 0) is 25.2 Å². The number of nitrogens with one attached hydrogen (secondary N) is 1. The summed E-state index contributed by atoms with van der Waals surface area (Å²) >= 11 is 0. The molecule has 1 N–H and O–H groups in total. The molecule has 0 aliphatic carbocycles. The summed E-state index contributed by atoms with van der Waals surface area (Å²) < 4.78 is 0. The van der Waals surface area contributed by atoms with Crippen LogP contribution in [0.4, 0.5) is 5.82 Å². The Bertz CT molecular complexity index is 413. The van der Waals surface area contributed by atoms with Gasteiger partial charge in [-0.3, -0.25) is 0 Å². The predicted molar refractivity (Wildman–Crippen MR) is 84.3 cm³/mol. The maximum Gasteiger partial charge on any atom is 0.135 e. The third-order valence-corrected chi connectivity index (χ3v) is 4.35. The number of nitrogens with zero attached hydrogens (tertiary/aromatic N) is 3. The van der Waals surface area contributed by atoms with Crippen LogP contribution in [0.25, 0.3) is 0 Å². The molecule has 4 nitrogen and oxygen atoms in total. The normalized spacial score (nSPS) is 17.2. The topological polar surface area (TPSA) is 41.1 Å². The van der Waals surface area contributed by atoms with E-state index in [-0.39, 0.29) is 0 Å². The molecule has 4 heteroatoms. The summed E-state index contributed by atoms with van der Waals surface area (Å²) in [6, 6.07) is 0. The van der Waals surface area contributed by atoms with Gasteiger partial charge in [0.2, 0.25) is 0 Å². The second-order valence-corrected chi connectivity index (χ2v) is 5.77. The predicted octanol–water partition coefficient (Wildman–Crippen LogP) is 2.43. The van der Waals surface area contributed by atoms with Crippen molar-refractivity contribution in [2.45, 2.75) is 46.5 Å². The molecule has 0 spiro atoms. The summed E-state index contributed by atoms with van der Waals surface area (Å²) in [7, 11) is 0. The Morgan fingerprint density at radius 2 is 2.00 bits per heavy atom. The molecule has 2 heterocycles. The number of aryl methyl sites for hydroxylation is 1. The average Bonchev–Trinajstić information content (AvgIpc) is 2.52. The van der Waals surface area contributed by atoms with Gasteiger partial charge in [-0.2, -0.15) is 0 Å². The van der Waals surface area contributed by atoms with Crippen LogP contribution in [-0.4, -0.2) is 36.1 Å². The van der Waals surface area contributed by atoms with Crippen molar-refractivity contribution in [2.75, 3.05) is 31.1 Å². The molecule has 1 aliphatic rings. The minimum absolute atomic E-state index is 0.774. The molecular formula is C16H28N4. The fraction of sp³-hybridized carbons (Fsp3) is 0.750. The van der Waals surface area contributed by atoms with Crippen LogP contribution < -0.4 is 10.2 Å². The number of hydrogen-bond acceptors (Lipinski definition) is 4. The molecule has 112 valence electrons. The molecule has 0 amide bonds. The smallest absolute Gasteiger partial charge is 0.135 e. The van der Waals surface area contributed by atoms with E-state index in [0.717, 1.165) is 44.9 Å². The molecule has 20 heavy (non-hydrogen) atoms. The number of piperazine rings is 1. The molecule has 0 aromatic carbocycles. The molecule has 0 saturated carbocycles. The standard InChI is InChI=1S/C16H28N4/c1-4-13(3)6-7-14-15(5-2)18-12-19-16(14)20-10-8-17-9-11-20/h12-13,17H,4-11H2,1-3H3. The molecule has 1 saturated heterocycles. The van der Waals surface area contributed by atoms with Gasteiger partial charge in [0.15, 0.2) is 0 Å². The molecule has 2 rings (SSSR count). The molecule has 1 fully saturated rings. The second-order valence-electron chi connectivity index (χ2n) is 5.77. The lowest BCUT2D eigenvalue weighted by Gasteiger charge is -2.30. The SMILES string of the molecule is CCc1ncnc(N2CCNCC2)c1CCC(C)CC. The van der Waals surface area contributed by atoms with Gasteiger partial charge in [-0.1, -0.05) is 27.2 Å². The average molecular weight is 276 g/mol. The number of anilines is 1. The summed E-state index contributed by atoms with van der Waals surface area (Å²) in [5, 5.41) is 3.41. The first-order chi connectivity index (χ1) is 9.76. The maximum absolute atomic E-state index is 4.60. The van der Waals surface area contributed by atoms with E-state index < -0.39 is 0 Å². The Balaban J connectivity index is 2.20. The minimum Gasteiger partial charge on any atom is -0.354 e. The lowest BCUT2D eigenvalue weighted by Crippen LogP contribution is -2.44. The summed E-state index contributed by atoms with van der Waals surface area (Å²) in [6.45, 7) is 11.0. The van der Waals surface area contributed by atoms with Gasteiger partial charge in [0.25, 0.3) is 0 Å². The van der Waals surface area contributed by atoms with E-state index >= 15 is 0 Å². The molecule has 0 radical (unpaired) electrons. The van der Waals surface area contributed by atoms with Crippen LogP contribution in [0, 0.1) is 5.92 Å². The van der Waals surface area contributed by atoms with E-state index in [1.807, 2.05) is 0 Å². The van der Waals surface area contributed by atoms with Crippen LogP contribution in [0.15, 0.2) is 6.33 Å². The fourth-order valence-corrected chi connectivity index (χ4v) is 2.74. The van der Waals surface area contributed by atoms with Gasteiger partial charge >= 0.3 is 0 Å². The Labute approximate surface area is 123 Å². The number of aromatic nitrogens is 2. The molecule has 1 aliphatic heterocycles. The van der Waals surface area contributed by atoms with Crippen LogP contribution >= 0.6 is 0 Å². The van der Waals surface area contributed by atoms with Gasteiger partial charge in [0, 0.05) is 37.4 Å². The van der Waals surface area contributed by atoms with Crippen molar-refractivity contribution in [1.29, 1.82) is 0 Å². The highest BCUT2D eigenvalue weighted by Crippen LogP contribution is 2.24. The van der Waals surface area contributed by atoms with E-state index in [4.69, 9.17) is 0 Å². The Morgan fingerprint density at radius 1 is 1.25 bits per heavy atom. The molecule has 1 unspecified atom stereocenters. The number of rotatable bonds is 6. The van der Waals surface area contributed by atoms with Crippen LogP contribution in [0.2, 0.25) is 0 Å². The quantitative estimate of drug-likeness (QED) is 0.866. The first-order valence-electron chi connectivity index (χ1n) is 8.04. The Kier molecular flexibility index (Phi) is 5.77. The third kappa shape index (κ3) is 3.69. The third-order valence-electron chi connectivity index (χ3n) is 4.35. The van der Waals surface area contributed by atoms with Gasteiger partial charge in [0.05, 0.1) is 0 Å². The Hall–Kier alpha value is -1.16. The van der Waals surface area contributed by atoms with Crippen LogP contribution in [0.1, 0.15) is 44.9 Å². The molecule has 1 atom stereocenters. The van der Waals surface area contributed by atoms with Crippen molar-refractivity contribution in [2.24, 2.45) is 5.92 Å². The monoisotopic (exact) mass is 276 g/mol. The summed E-state index contributed by atoms with van der Waals surface area (Å²) in [5.41, 5.74) is 2.62. The van der Waals surface area contributed by atoms with Crippen molar-refractivity contribution in [1.82, 2.24) is 15.3 Å². The van der Waals surface area contributed by atoms with Crippen LogP contribution in [0.3, 0.4) is 0 Å². The molecular weight excluding hydrogens is 248 g/mol. The lowest BCUT2D eigenvalue weighted by atomic mass is 9.97. The summed E-state index contributed by atoms with van der Waals surface area (Å²) in [6.07, 6.45) is 6.33. The largest absolute Gasteiger partial charge is 0.354 e. The van der Waals surface area contributed by atoms with Crippen molar-refractivity contribution in [3.8, 4) is 0 Å². The molecule has 1 aromatic rings. The van der Waals surface area contributed by atoms with E-state index in [1.165, 1.54) is 29.9 Å². The van der Waals surface area contributed by atoms with E-state index in [9.17, 15) is 0 Å². The summed E-state index contributed by atoms with van der Waals surface area (Å²) in [4.78, 5) is 11.5. The maximum atomic E-state index is 4.60. The minimum atomic E-state index is 0.774. The zero-order valence-electron chi connectivity index (χ0n) is 13.2. The second kappa shape index (κ2) is 7.58. The highest BCUT2D eigenvalue weighted by atomic mass is 15.2. The molecule has 1 aromatic heterocycles. The van der Waals surface area contributed by atoms with Gasteiger partial charge in [-0.25, -0.2) is 9.97 Å². The van der Waals surface area contributed by atoms with Crippen molar-refractivity contribution >= 4 is 5.82 Å². The first kappa shape index (κ1) is 15.2. The Morgan fingerprint density at radius 3 is 2.65 bits per heavy atom. The van der Waals surface area contributed by atoms with E-state index in [0.29, 0.717) is 0 Å². The van der Waals surface area contributed by atoms with Gasteiger partial charge in [0.1, 0.15) is 12.1 Å². The van der Waals surface area contributed by atoms with E-state index in [2.05, 4.69) is 41.0 Å². The lowest BCUT2D eigenvalue weighted by molar-refractivity contribution is 0.512.